The normalized spacial score (nSPS) is 12.8. The fourth-order valence-corrected chi connectivity index (χ4v) is 7.47. The van der Waals surface area contributed by atoms with Crippen molar-refractivity contribution in [3.63, 3.8) is 0 Å². The molecule has 0 bridgehead atoms. The van der Waals surface area contributed by atoms with E-state index in [0.29, 0.717) is 22.7 Å². The number of fused-ring (bicyclic) bond motifs is 1. The number of imidazole rings is 1. The first-order valence-electron chi connectivity index (χ1n) is 18.1. The first kappa shape index (κ1) is 43.4. The Balaban J connectivity index is 1.48. The Kier molecular flexibility index (Phi) is 13.3. The summed E-state index contributed by atoms with van der Waals surface area (Å²) < 4.78 is 24.2. The van der Waals surface area contributed by atoms with Gasteiger partial charge in [0.05, 0.1) is 12.7 Å². The number of terminal acetylenes is 1. The minimum Gasteiger partial charge on any atom is -0.461 e. The standard InChI is InChI=1S/C42H50ClN5O8/c1-13-42(53-12,22-54-33(52)21-41(10,11)35-27(5)17-25(3)19-31(35)56-29(7)50)14-15-48-23-44-36-37(46-39(43)47-38(36)48)45-32(51)20-40(8,9)34-26(4)16-24(2)18-30(34)55-28(6)49/h1,16-19,23H,14-15,20-22H2,2-12H3,(H,45,46,47,51). The van der Waals surface area contributed by atoms with E-state index in [1.165, 1.54) is 27.3 Å². The molecule has 0 radical (unpaired) electrons. The summed E-state index contributed by atoms with van der Waals surface area (Å²) in [4.78, 5) is 63.7. The lowest BCUT2D eigenvalue weighted by Gasteiger charge is -2.30. The van der Waals surface area contributed by atoms with Crippen LogP contribution in [-0.4, -0.2) is 62.7 Å². The maximum Gasteiger partial charge on any atom is 0.308 e. The van der Waals surface area contributed by atoms with Gasteiger partial charge in [0.15, 0.2) is 22.6 Å². The minimum atomic E-state index is -1.31. The van der Waals surface area contributed by atoms with Crippen LogP contribution in [0.1, 0.15) is 94.2 Å². The van der Waals surface area contributed by atoms with Crippen LogP contribution >= 0.6 is 11.6 Å². The Morgan fingerprint density at radius 3 is 1.89 bits per heavy atom. The largest absolute Gasteiger partial charge is 0.461 e. The van der Waals surface area contributed by atoms with Gasteiger partial charge in [0.2, 0.25) is 11.2 Å². The average molecular weight is 788 g/mol. The van der Waals surface area contributed by atoms with Gasteiger partial charge in [0.1, 0.15) is 18.1 Å². The van der Waals surface area contributed by atoms with Crippen LogP contribution in [-0.2, 0) is 46.0 Å². The van der Waals surface area contributed by atoms with Gasteiger partial charge in [-0.05, 0) is 73.7 Å². The Morgan fingerprint density at radius 2 is 1.39 bits per heavy atom. The molecule has 14 heteroatoms. The third-order valence-corrected chi connectivity index (χ3v) is 9.68. The van der Waals surface area contributed by atoms with Crippen molar-refractivity contribution >= 4 is 52.4 Å². The van der Waals surface area contributed by atoms with Crippen LogP contribution in [0.5, 0.6) is 11.5 Å². The summed E-state index contributed by atoms with van der Waals surface area (Å²) in [7, 11) is 1.44. The van der Waals surface area contributed by atoms with Crippen molar-refractivity contribution in [3.8, 4) is 23.8 Å². The molecule has 0 saturated carbocycles. The van der Waals surface area contributed by atoms with Gasteiger partial charge in [0, 0.05) is 62.3 Å². The molecule has 4 rings (SSSR count). The fourth-order valence-electron chi connectivity index (χ4n) is 7.30. The molecule has 1 unspecified atom stereocenters. The maximum absolute atomic E-state index is 13.5. The SMILES string of the molecule is C#CC(CCn1cnc2c(NC(=O)CC(C)(C)c3c(C)cc(C)cc3OC(C)=O)nc(Cl)nc21)(COC(=O)CC(C)(C)c1c(C)cc(C)cc1OC(C)=O)OC. The number of benzene rings is 2. The molecule has 1 N–H and O–H groups in total. The van der Waals surface area contributed by atoms with Crippen LogP contribution in [0, 0.1) is 40.0 Å². The zero-order valence-electron chi connectivity index (χ0n) is 33.9. The number of aryl methyl sites for hydroxylation is 5. The van der Waals surface area contributed by atoms with Crippen LogP contribution in [0.4, 0.5) is 5.82 Å². The number of rotatable bonds is 15. The summed E-state index contributed by atoms with van der Waals surface area (Å²) in [5, 5.41) is 2.72. The molecule has 2 heterocycles. The lowest BCUT2D eigenvalue weighted by atomic mass is 9.78. The number of hydrogen-bond donors (Lipinski definition) is 1. The zero-order chi connectivity index (χ0) is 41.7. The molecule has 0 fully saturated rings. The van der Waals surface area contributed by atoms with Crippen LogP contribution < -0.4 is 14.8 Å². The topological polar surface area (TPSA) is 161 Å². The van der Waals surface area contributed by atoms with Crippen LogP contribution in [0.25, 0.3) is 11.2 Å². The van der Waals surface area contributed by atoms with Gasteiger partial charge in [-0.1, -0.05) is 45.7 Å². The van der Waals surface area contributed by atoms with E-state index in [4.69, 9.17) is 37.0 Å². The molecule has 4 aromatic rings. The number of nitrogens with one attached hydrogen (secondary N) is 1. The molecule has 0 aliphatic rings. The highest BCUT2D eigenvalue weighted by molar-refractivity contribution is 6.28. The summed E-state index contributed by atoms with van der Waals surface area (Å²) >= 11 is 6.35. The molecular formula is C42H50ClN5O8. The number of aromatic nitrogens is 4. The number of ether oxygens (including phenoxy) is 4. The molecular weight excluding hydrogens is 738 g/mol. The van der Waals surface area contributed by atoms with Gasteiger partial charge in [-0.2, -0.15) is 9.97 Å². The molecule has 2 aromatic heterocycles. The number of esters is 3. The lowest BCUT2D eigenvalue weighted by molar-refractivity contribution is -0.151. The van der Waals surface area contributed by atoms with Gasteiger partial charge in [-0.3, -0.25) is 19.2 Å². The molecule has 298 valence electrons. The van der Waals surface area contributed by atoms with E-state index in [1.807, 2.05) is 67.5 Å². The summed E-state index contributed by atoms with van der Waals surface area (Å²) in [6.07, 6.45) is 7.66. The smallest absolute Gasteiger partial charge is 0.308 e. The van der Waals surface area contributed by atoms with Crippen molar-refractivity contribution in [1.82, 2.24) is 19.5 Å². The average Bonchev–Trinajstić information content (AvgIpc) is 3.45. The summed E-state index contributed by atoms with van der Waals surface area (Å²) in [6, 6.07) is 7.50. The monoisotopic (exact) mass is 787 g/mol. The highest BCUT2D eigenvalue weighted by Crippen LogP contribution is 2.40. The predicted molar refractivity (Wildman–Crippen MR) is 213 cm³/mol. The molecule has 1 amide bonds. The van der Waals surface area contributed by atoms with E-state index in [2.05, 4.69) is 26.2 Å². The number of halogens is 1. The number of amides is 1. The molecule has 0 aliphatic carbocycles. The second kappa shape index (κ2) is 17.2. The molecule has 1 atom stereocenters. The highest BCUT2D eigenvalue weighted by atomic mass is 35.5. The Labute approximate surface area is 332 Å². The lowest BCUT2D eigenvalue weighted by Crippen LogP contribution is -2.38. The predicted octanol–water partition coefficient (Wildman–Crippen LogP) is 7.19. The van der Waals surface area contributed by atoms with Crippen molar-refractivity contribution in [2.45, 2.75) is 111 Å². The summed E-state index contributed by atoms with van der Waals surface area (Å²) in [5.41, 5.74) is 2.90. The number of hydrogen-bond acceptors (Lipinski definition) is 11. The number of carbonyl (C=O) groups is 4. The summed E-state index contributed by atoms with van der Waals surface area (Å²) in [6.45, 7) is 17.8. The van der Waals surface area contributed by atoms with Crippen molar-refractivity contribution in [2.24, 2.45) is 0 Å². The first-order chi connectivity index (χ1) is 26.1. The third kappa shape index (κ3) is 10.3. The maximum atomic E-state index is 13.5. The van der Waals surface area contributed by atoms with Crippen LogP contribution in [0.2, 0.25) is 5.28 Å². The number of anilines is 1. The highest BCUT2D eigenvalue weighted by Gasteiger charge is 2.35. The van der Waals surface area contributed by atoms with Crippen molar-refractivity contribution < 1.29 is 38.1 Å². The second-order valence-electron chi connectivity index (χ2n) is 15.5. The molecule has 0 saturated heterocycles. The fraction of sp³-hybridized carbons (Fsp3) is 0.452. The third-order valence-electron chi connectivity index (χ3n) is 9.51. The van der Waals surface area contributed by atoms with Crippen molar-refractivity contribution in [3.05, 3.63) is 69.3 Å². The quantitative estimate of drug-likeness (QED) is 0.0562. The van der Waals surface area contributed by atoms with E-state index >= 15 is 0 Å². The first-order valence-corrected chi connectivity index (χ1v) is 18.4. The molecule has 13 nitrogen and oxygen atoms in total. The van der Waals surface area contributed by atoms with E-state index in [9.17, 15) is 19.2 Å². The van der Waals surface area contributed by atoms with E-state index in [-0.39, 0.29) is 49.4 Å². The van der Waals surface area contributed by atoms with Gasteiger partial charge < -0.3 is 28.8 Å². The zero-order valence-corrected chi connectivity index (χ0v) is 34.7. The number of methoxy groups -OCH3 is 1. The van der Waals surface area contributed by atoms with E-state index < -0.39 is 34.3 Å². The van der Waals surface area contributed by atoms with E-state index in [1.54, 1.807) is 16.7 Å². The van der Waals surface area contributed by atoms with Gasteiger partial charge >= 0.3 is 17.9 Å². The van der Waals surface area contributed by atoms with Gasteiger partial charge in [-0.15, -0.1) is 6.42 Å². The van der Waals surface area contributed by atoms with Gasteiger partial charge in [0.25, 0.3) is 0 Å². The second-order valence-corrected chi connectivity index (χ2v) is 15.8. The van der Waals surface area contributed by atoms with Crippen molar-refractivity contribution in [2.75, 3.05) is 19.0 Å². The molecule has 56 heavy (non-hydrogen) atoms. The number of carbonyl (C=O) groups excluding carboxylic acids is 4. The Hall–Kier alpha value is -5.32. The Bertz CT molecular complexity index is 2220. The van der Waals surface area contributed by atoms with Crippen molar-refractivity contribution in [1.29, 1.82) is 0 Å². The van der Waals surface area contributed by atoms with E-state index in [0.717, 1.165) is 33.4 Å². The minimum absolute atomic E-state index is 0.0153. The molecule has 0 spiro atoms. The van der Waals surface area contributed by atoms with Gasteiger partial charge in [-0.25, -0.2) is 4.98 Å². The summed E-state index contributed by atoms with van der Waals surface area (Å²) in [5.74, 6) is 1.76. The Morgan fingerprint density at radius 1 is 0.857 bits per heavy atom. The molecule has 0 aliphatic heterocycles. The van der Waals surface area contributed by atoms with Crippen LogP contribution in [0.3, 0.4) is 0 Å². The molecule has 2 aromatic carbocycles. The van der Waals surface area contributed by atoms with Crippen LogP contribution in [0.15, 0.2) is 30.6 Å². The number of nitrogens with zero attached hydrogens (tertiary/aromatic N) is 4.